The first kappa shape index (κ1) is 21.1. The molecule has 2 radical (unpaired) electrons. The first-order valence-corrected chi connectivity index (χ1v) is 7.53. The fourth-order valence-electron chi connectivity index (χ4n) is 1.68. The Kier molecular flexibility index (Phi) is 5.40. The van der Waals surface area contributed by atoms with Crippen LogP contribution in [0.5, 0.6) is 0 Å². The van der Waals surface area contributed by atoms with Crippen LogP contribution in [0.2, 0.25) is 0 Å². The molecule has 0 unspecified atom stereocenters. The lowest BCUT2D eigenvalue weighted by atomic mass is 9.93. The van der Waals surface area contributed by atoms with Gasteiger partial charge in [-0.15, -0.1) is 0 Å². The van der Waals surface area contributed by atoms with Crippen molar-refractivity contribution in [3.8, 4) is 0 Å². The molecule has 0 aliphatic carbocycles. The van der Waals surface area contributed by atoms with Gasteiger partial charge in [0.2, 0.25) is 0 Å². The second-order valence-electron chi connectivity index (χ2n) is 4.76. The number of esters is 1. The monoisotopic (exact) mass is 390 g/mol. The van der Waals surface area contributed by atoms with E-state index in [1.807, 2.05) is 0 Å². The molecule has 2 N–H and O–H groups in total. The highest BCUT2D eigenvalue weighted by molar-refractivity contribution is 7.85. The van der Waals surface area contributed by atoms with Crippen molar-refractivity contribution in [2.24, 2.45) is 0 Å². The molecule has 0 saturated heterocycles. The molecule has 0 fully saturated rings. The molecule has 0 bridgehead atoms. The molecule has 1 rings (SSSR count). The van der Waals surface area contributed by atoms with Gasteiger partial charge in [-0.25, -0.2) is 13.2 Å². The third-order valence-corrected chi connectivity index (χ3v) is 3.62. The molecule has 1 aromatic rings. The summed E-state index contributed by atoms with van der Waals surface area (Å²) < 4.78 is 113. The van der Waals surface area contributed by atoms with Crippen LogP contribution in [0.3, 0.4) is 0 Å². The Labute approximate surface area is 138 Å². The summed E-state index contributed by atoms with van der Waals surface area (Å²) in [5.74, 6) is -5.36. The van der Waals surface area contributed by atoms with Crippen molar-refractivity contribution in [3.63, 3.8) is 0 Å². The third kappa shape index (κ3) is 4.57. The number of anilines is 1. The smallest absolute Gasteiger partial charge is 0.438 e. The van der Waals surface area contributed by atoms with Gasteiger partial charge in [0, 0.05) is 5.69 Å². The molecule has 0 heterocycles. The lowest BCUT2D eigenvalue weighted by Gasteiger charge is -2.37. The fourth-order valence-corrected chi connectivity index (χ4v) is 2.57. The van der Waals surface area contributed by atoms with Gasteiger partial charge in [0.25, 0.3) is 0 Å². The molecule has 0 amide bonds. The standard InChI is InChI=1S/C11H8BF6NO5S/c12-5-1-2-7(19)6(3-5)8(20)24-9(10(13,14)15,11(16,17)18)4-25(21,22)23/h1-3H,4,19H2,(H,21,22,23)/p-1. The van der Waals surface area contributed by atoms with Crippen molar-refractivity contribution in [1.29, 1.82) is 0 Å². The average Bonchev–Trinajstić information content (AvgIpc) is 2.36. The molecule has 0 aliphatic heterocycles. The summed E-state index contributed by atoms with van der Waals surface area (Å²) in [6.07, 6.45) is -12.9. The minimum absolute atomic E-state index is 0.248. The predicted molar refractivity (Wildman–Crippen MR) is 71.1 cm³/mol. The number of alkyl halides is 6. The van der Waals surface area contributed by atoms with Crippen molar-refractivity contribution >= 4 is 35.1 Å². The summed E-state index contributed by atoms with van der Waals surface area (Å²) in [7, 11) is -0.869. The Morgan fingerprint density at radius 3 is 2.04 bits per heavy atom. The normalized spacial score (nSPS) is 13.6. The van der Waals surface area contributed by atoms with E-state index < -0.39 is 51.0 Å². The maximum atomic E-state index is 13.0. The Balaban J connectivity index is 3.53. The van der Waals surface area contributed by atoms with Crippen molar-refractivity contribution in [2.75, 3.05) is 11.5 Å². The van der Waals surface area contributed by atoms with Crippen LogP contribution in [-0.4, -0.2) is 50.5 Å². The van der Waals surface area contributed by atoms with Crippen LogP contribution >= 0.6 is 0 Å². The zero-order valence-electron chi connectivity index (χ0n) is 11.8. The molecule has 0 saturated carbocycles. The topological polar surface area (TPSA) is 110 Å². The summed E-state index contributed by atoms with van der Waals surface area (Å²) in [4.78, 5) is 11.8. The van der Waals surface area contributed by atoms with Crippen molar-refractivity contribution in [1.82, 2.24) is 0 Å². The zero-order chi connectivity index (χ0) is 19.8. The maximum Gasteiger partial charge on any atom is 0.438 e. The average molecular weight is 390 g/mol. The van der Waals surface area contributed by atoms with E-state index in [9.17, 15) is 44.1 Å². The highest BCUT2D eigenvalue weighted by Gasteiger charge is 2.75. The number of benzene rings is 1. The van der Waals surface area contributed by atoms with Gasteiger partial charge < -0.3 is 15.0 Å². The zero-order valence-corrected chi connectivity index (χ0v) is 12.6. The van der Waals surface area contributed by atoms with Gasteiger partial charge in [-0.1, -0.05) is 17.6 Å². The minimum Gasteiger partial charge on any atom is -0.748 e. The molecule has 0 aliphatic rings. The molecular weight excluding hydrogens is 383 g/mol. The Morgan fingerprint density at radius 1 is 1.16 bits per heavy atom. The van der Waals surface area contributed by atoms with Gasteiger partial charge in [0.15, 0.2) is 0 Å². The van der Waals surface area contributed by atoms with E-state index in [-0.39, 0.29) is 5.46 Å². The molecular formula is C11H7BF6NO5S-. The number of ether oxygens (including phenoxy) is 1. The highest BCUT2D eigenvalue weighted by Crippen LogP contribution is 2.47. The Bertz CT molecular complexity index is 762. The second kappa shape index (κ2) is 6.40. The van der Waals surface area contributed by atoms with E-state index in [1.54, 1.807) is 0 Å². The Morgan fingerprint density at radius 2 is 1.64 bits per heavy atom. The van der Waals surface area contributed by atoms with Crippen LogP contribution in [0.1, 0.15) is 10.4 Å². The van der Waals surface area contributed by atoms with Crippen LogP contribution in [0, 0.1) is 0 Å². The molecule has 138 valence electrons. The van der Waals surface area contributed by atoms with Crippen LogP contribution in [0.15, 0.2) is 18.2 Å². The summed E-state index contributed by atoms with van der Waals surface area (Å²) >= 11 is 0. The number of halogens is 6. The van der Waals surface area contributed by atoms with E-state index >= 15 is 0 Å². The van der Waals surface area contributed by atoms with Gasteiger partial charge >= 0.3 is 23.9 Å². The summed E-state index contributed by atoms with van der Waals surface area (Å²) in [6.45, 7) is 0. The maximum absolute atomic E-state index is 13.0. The van der Waals surface area contributed by atoms with Crippen LogP contribution in [0.4, 0.5) is 32.0 Å². The summed E-state index contributed by atoms with van der Waals surface area (Å²) in [5.41, 5.74) is -2.12. The fraction of sp³-hybridized carbons (Fsp3) is 0.364. The lowest BCUT2D eigenvalue weighted by Crippen LogP contribution is -2.63. The van der Waals surface area contributed by atoms with Gasteiger partial charge in [-0.2, -0.15) is 26.3 Å². The van der Waals surface area contributed by atoms with Crippen LogP contribution in [0.25, 0.3) is 0 Å². The Hall–Kier alpha value is -1.96. The van der Waals surface area contributed by atoms with Gasteiger partial charge in [-0.05, 0) is 6.07 Å². The summed E-state index contributed by atoms with van der Waals surface area (Å²) in [6, 6.07) is 2.62. The van der Waals surface area contributed by atoms with Gasteiger partial charge in [0.1, 0.15) is 7.85 Å². The number of rotatable bonds is 4. The van der Waals surface area contributed by atoms with Crippen molar-refractivity contribution in [3.05, 3.63) is 23.8 Å². The summed E-state index contributed by atoms with van der Waals surface area (Å²) in [5, 5.41) is 0. The minimum atomic E-state index is -6.46. The first-order valence-electron chi connectivity index (χ1n) is 5.95. The lowest BCUT2D eigenvalue weighted by molar-refractivity contribution is -0.356. The van der Waals surface area contributed by atoms with Crippen LogP contribution in [-0.2, 0) is 14.9 Å². The second-order valence-corrected chi connectivity index (χ2v) is 6.16. The predicted octanol–water partition coefficient (Wildman–Crippen LogP) is 0.628. The van der Waals surface area contributed by atoms with Crippen molar-refractivity contribution < 1.29 is 48.8 Å². The van der Waals surface area contributed by atoms with Gasteiger partial charge in [0.05, 0.1) is 21.4 Å². The first-order chi connectivity index (χ1) is 11.0. The van der Waals surface area contributed by atoms with E-state index in [0.29, 0.717) is 6.07 Å². The molecule has 1 aromatic carbocycles. The number of nitrogens with two attached hydrogens (primary N) is 1. The van der Waals surface area contributed by atoms with Crippen molar-refractivity contribution in [2.45, 2.75) is 18.0 Å². The van der Waals surface area contributed by atoms with E-state index in [4.69, 9.17) is 13.6 Å². The van der Waals surface area contributed by atoms with Crippen LogP contribution < -0.4 is 11.2 Å². The molecule has 6 nitrogen and oxygen atoms in total. The number of carbonyl (C=O) groups is 1. The highest BCUT2D eigenvalue weighted by atomic mass is 32.2. The largest absolute Gasteiger partial charge is 0.748 e. The molecule has 14 heteroatoms. The number of hydrogen-bond acceptors (Lipinski definition) is 6. The molecule has 25 heavy (non-hydrogen) atoms. The third-order valence-electron chi connectivity index (χ3n) is 2.86. The number of carbonyl (C=O) groups excluding carboxylic acids is 1. The quantitative estimate of drug-likeness (QED) is 0.266. The number of nitrogen functional groups attached to an aromatic ring is 1. The van der Waals surface area contributed by atoms with E-state index in [0.717, 1.165) is 12.1 Å². The molecule has 0 spiro atoms. The van der Waals surface area contributed by atoms with E-state index in [2.05, 4.69) is 4.74 Å². The SMILES string of the molecule is [B]c1ccc(N)c(C(=O)OC(CS(=O)(=O)[O-])(C(F)(F)F)C(F)(F)F)c1. The van der Waals surface area contributed by atoms with Gasteiger partial charge in [-0.3, -0.25) is 0 Å². The number of hydrogen-bond donors (Lipinski definition) is 1. The molecule has 0 aromatic heterocycles. The molecule has 0 atom stereocenters. The van der Waals surface area contributed by atoms with E-state index in [1.165, 1.54) is 0 Å².